The van der Waals surface area contributed by atoms with E-state index in [0.717, 1.165) is 10.5 Å². The maximum absolute atomic E-state index is 13.4. The predicted molar refractivity (Wildman–Crippen MR) is 119 cm³/mol. The van der Waals surface area contributed by atoms with Crippen molar-refractivity contribution >= 4 is 40.4 Å². The van der Waals surface area contributed by atoms with Gasteiger partial charge in [0.05, 0.1) is 18.4 Å². The van der Waals surface area contributed by atoms with Crippen LogP contribution in [0.25, 0.3) is 5.57 Å². The van der Waals surface area contributed by atoms with Gasteiger partial charge in [-0.1, -0.05) is 29.8 Å². The van der Waals surface area contributed by atoms with Crippen molar-refractivity contribution in [2.24, 2.45) is 0 Å². The van der Waals surface area contributed by atoms with Gasteiger partial charge in [-0.2, -0.15) is 0 Å². The molecule has 0 spiro atoms. The molecule has 1 N–H and O–H groups in total. The van der Waals surface area contributed by atoms with Crippen LogP contribution in [-0.2, 0) is 9.59 Å². The number of anilines is 2. The number of rotatable bonds is 5. The lowest BCUT2D eigenvalue weighted by Gasteiger charge is -2.15. The summed E-state index contributed by atoms with van der Waals surface area (Å²) < 4.78 is 18.6. The van der Waals surface area contributed by atoms with E-state index in [1.165, 1.54) is 24.3 Å². The second-order valence-corrected chi connectivity index (χ2v) is 7.40. The van der Waals surface area contributed by atoms with Crippen LogP contribution in [0.3, 0.4) is 0 Å². The minimum Gasteiger partial charge on any atom is -0.497 e. The molecule has 156 valence electrons. The minimum atomic E-state index is -0.542. The third-order valence-electron chi connectivity index (χ3n) is 4.99. The van der Waals surface area contributed by atoms with Crippen LogP contribution in [-0.4, -0.2) is 18.9 Å². The fourth-order valence-electron chi connectivity index (χ4n) is 3.31. The molecule has 1 aliphatic rings. The van der Waals surface area contributed by atoms with E-state index in [2.05, 4.69) is 5.32 Å². The van der Waals surface area contributed by atoms with Crippen molar-refractivity contribution < 1.29 is 18.7 Å². The Bertz CT molecular complexity index is 1200. The number of hydrogen-bond donors (Lipinski definition) is 1. The highest BCUT2D eigenvalue weighted by Crippen LogP contribution is 2.35. The van der Waals surface area contributed by atoms with E-state index in [1.54, 1.807) is 43.5 Å². The number of aryl methyl sites for hydroxylation is 1. The molecule has 0 saturated heterocycles. The average molecular weight is 437 g/mol. The summed E-state index contributed by atoms with van der Waals surface area (Å²) in [5.41, 5.74) is 2.59. The topological polar surface area (TPSA) is 58.6 Å². The van der Waals surface area contributed by atoms with Gasteiger partial charge in [0.25, 0.3) is 11.8 Å². The van der Waals surface area contributed by atoms with Gasteiger partial charge < -0.3 is 10.1 Å². The molecule has 7 heteroatoms. The molecular formula is C24H18ClFN2O3. The first-order valence-electron chi connectivity index (χ1n) is 9.45. The number of ether oxygens (including phenoxy) is 1. The maximum Gasteiger partial charge on any atom is 0.282 e. The SMILES string of the molecule is COc1ccc(C2=C(Nc3ccc(C)c(Cl)c3)C(=O)N(c3ccc(F)cc3)C2=O)cc1. The molecule has 3 aromatic rings. The lowest BCUT2D eigenvalue weighted by Crippen LogP contribution is -2.32. The Balaban J connectivity index is 1.81. The second kappa shape index (κ2) is 8.24. The van der Waals surface area contributed by atoms with Crippen LogP contribution < -0.4 is 15.0 Å². The minimum absolute atomic E-state index is 0.111. The largest absolute Gasteiger partial charge is 0.497 e. The summed E-state index contributed by atoms with van der Waals surface area (Å²) in [5, 5.41) is 3.59. The van der Waals surface area contributed by atoms with Crippen molar-refractivity contribution in [1.29, 1.82) is 0 Å². The Labute approximate surface area is 183 Å². The highest BCUT2D eigenvalue weighted by molar-refractivity contribution is 6.46. The quantitative estimate of drug-likeness (QED) is 0.559. The molecule has 1 heterocycles. The van der Waals surface area contributed by atoms with Crippen LogP contribution >= 0.6 is 11.6 Å². The number of benzene rings is 3. The maximum atomic E-state index is 13.4. The molecule has 0 fully saturated rings. The van der Waals surface area contributed by atoms with Crippen molar-refractivity contribution in [2.45, 2.75) is 6.92 Å². The Kier molecular flexibility index (Phi) is 5.48. The molecule has 1 aliphatic heterocycles. The number of halogens is 2. The summed E-state index contributed by atoms with van der Waals surface area (Å²) in [6, 6.07) is 17.3. The third-order valence-corrected chi connectivity index (χ3v) is 5.40. The number of carbonyl (C=O) groups is 2. The molecule has 2 amide bonds. The molecule has 0 unspecified atom stereocenters. The predicted octanol–water partition coefficient (Wildman–Crippen LogP) is 5.19. The average Bonchev–Trinajstić information content (AvgIpc) is 3.01. The van der Waals surface area contributed by atoms with Crippen LogP contribution in [0.5, 0.6) is 5.75 Å². The van der Waals surface area contributed by atoms with Gasteiger partial charge in [0.1, 0.15) is 17.3 Å². The number of hydrogen-bond acceptors (Lipinski definition) is 4. The number of carbonyl (C=O) groups excluding carboxylic acids is 2. The first-order valence-corrected chi connectivity index (χ1v) is 9.83. The van der Waals surface area contributed by atoms with Crippen molar-refractivity contribution in [1.82, 2.24) is 0 Å². The van der Waals surface area contributed by atoms with Crippen LogP contribution in [0.2, 0.25) is 5.02 Å². The number of methoxy groups -OCH3 is 1. The Morgan fingerprint density at radius 3 is 2.23 bits per heavy atom. The molecule has 31 heavy (non-hydrogen) atoms. The summed E-state index contributed by atoms with van der Waals surface area (Å²) in [4.78, 5) is 27.7. The normalized spacial score (nSPS) is 13.7. The Morgan fingerprint density at radius 1 is 0.935 bits per heavy atom. The van der Waals surface area contributed by atoms with Crippen molar-refractivity contribution in [3.63, 3.8) is 0 Å². The fraction of sp³-hybridized carbons (Fsp3) is 0.0833. The van der Waals surface area contributed by atoms with Gasteiger partial charge >= 0.3 is 0 Å². The molecule has 0 saturated carbocycles. The summed E-state index contributed by atoms with van der Waals surface area (Å²) in [6.45, 7) is 1.87. The van der Waals surface area contributed by atoms with Gasteiger partial charge in [-0.25, -0.2) is 9.29 Å². The van der Waals surface area contributed by atoms with E-state index in [0.29, 0.717) is 22.0 Å². The molecule has 0 bridgehead atoms. The van der Waals surface area contributed by atoms with Gasteiger partial charge in [-0.05, 0) is 66.6 Å². The van der Waals surface area contributed by atoms with Crippen molar-refractivity contribution in [3.8, 4) is 5.75 Å². The van der Waals surface area contributed by atoms with Gasteiger partial charge in [0, 0.05) is 10.7 Å². The van der Waals surface area contributed by atoms with E-state index >= 15 is 0 Å². The zero-order valence-electron chi connectivity index (χ0n) is 16.8. The smallest absolute Gasteiger partial charge is 0.282 e. The fourth-order valence-corrected chi connectivity index (χ4v) is 3.49. The molecule has 5 nitrogen and oxygen atoms in total. The number of nitrogens with zero attached hydrogens (tertiary/aromatic N) is 1. The Hall–Kier alpha value is -3.64. The second-order valence-electron chi connectivity index (χ2n) is 6.99. The first-order chi connectivity index (χ1) is 14.9. The zero-order valence-corrected chi connectivity index (χ0v) is 17.5. The molecular weight excluding hydrogens is 419 g/mol. The first kappa shape index (κ1) is 20.6. The zero-order chi connectivity index (χ0) is 22.1. The van der Waals surface area contributed by atoms with E-state index in [-0.39, 0.29) is 17.0 Å². The van der Waals surface area contributed by atoms with Crippen LogP contribution in [0, 0.1) is 12.7 Å². The van der Waals surface area contributed by atoms with Gasteiger partial charge in [0.15, 0.2) is 0 Å². The highest BCUT2D eigenvalue weighted by Gasteiger charge is 2.40. The van der Waals surface area contributed by atoms with E-state index in [4.69, 9.17) is 16.3 Å². The van der Waals surface area contributed by atoms with Crippen molar-refractivity contribution in [2.75, 3.05) is 17.3 Å². The lowest BCUT2D eigenvalue weighted by atomic mass is 10.0. The molecule has 0 atom stereocenters. The lowest BCUT2D eigenvalue weighted by molar-refractivity contribution is -0.120. The monoisotopic (exact) mass is 436 g/mol. The van der Waals surface area contributed by atoms with E-state index in [1.807, 2.05) is 13.0 Å². The van der Waals surface area contributed by atoms with Crippen LogP contribution in [0.1, 0.15) is 11.1 Å². The van der Waals surface area contributed by atoms with Gasteiger partial charge in [0.2, 0.25) is 0 Å². The van der Waals surface area contributed by atoms with E-state index < -0.39 is 17.6 Å². The highest BCUT2D eigenvalue weighted by atomic mass is 35.5. The Morgan fingerprint density at radius 2 is 1.61 bits per heavy atom. The standard InChI is InChI=1S/C24H18ClFN2O3/c1-14-3-8-17(13-20(14)25)27-22-21(15-4-11-19(31-2)12-5-15)23(29)28(24(22)30)18-9-6-16(26)7-10-18/h3-13,27H,1-2H3. The summed E-state index contributed by atoms with van der Waals surface area (Å²) in [5.74, 6) is -0.892. The van der Waals surface area contributed by atoms with Crippen LogP contribution in [0.4, 0.5) is 15.8 Å². The third kappa shape index (κ3) is 3.90. The molecule has 0 aliphatic carbocycles. The van der Waals surface area contributed by atoms with Crippen molar-refractivity contribution in [3.05, 3.63) is 94.4 Å². The summed E-state index contributed by atoms with van der Waals surface area (Å²) in [6.07, 6.45) is 0. The molecule has 3 aromatic carbocycles. The van der Waals surface area contributed by atoms with Gasteiger partial charge in [-0.3, -0.25) is 9.59 Å². The molecule has 0 aromatic heterocycles. The molecule has 4 rings (SSSR count). The number of imide groups is 1. The number of nitrogens with one attached hydrogen (secondary N) is 1. The van der Waals surface area contributed by atoms with Crippen LogP contribution in [0.15, 0.2) is 72.4 Å². The number of amides is 2. The van der Waals surface area contributed by atoms with E-state index in [9.17, 15) is 14.0 Å². The summed E-state index contributed by atoms with van der Waals surface area (Å²) in [7, 11) is 1.54. The summed E-state index contributed by atoms with van der Waals surface area (Å²) >= 11 is 6.22. The van der Waals surface area contributed by atoms with Gasteiger partial charge in [-0.15, -0.1) is 0 Å². The molecule has 0 radical (unpaired) electrons.